The van der Waals surface area contributed by atoms with E-state index >= 15 is 0 Å². The van der Waals surface area contributed by atoms with Crippen molar-refractivity contribution < 1.29 is 0 Å². The van der Waals surface area contributed by atoms with Crippen molar-refractivity contribution in [3.05, 3.63) is 29.6 Å². The lowest BCUT2D eigenvalue weighted by Crippen LogP contribution is -2.13. The van der Waals surface area contributed by atoms with E-state index in [-0.39, 0.29) is 0 Å². The predicted molar refractivity (Wildman–Crippen MR) is 73.6 cm³/mol. The second-order valence-corrected chi connectivity index (χ2v) is 6.13. The molecular weight excluding hydrogens is 234 g/mol. The van der Waals surface area contributed by atoms with Gasteiger partial charge in [0.1, 0.15) is 5.82 Å². The largest absolute Gasteiger partial charge is 0.331 e. The molecule has 1 aromatic carbocycles. The van der Waals surface area contributed by atoms with Crippen molar-refractivity contribution in [2.75, 3.05) is 0 Å². The van der Waals surface area contributed by atoms with Gasteiger partial charge in [-0.15, -0.1) is 0 Å². The molecular formula is C16H17N3. The molecule has 3 nitrogen and oxygen atoms in total. The van der Waals surface area contributed by atoms with Crippen LogP contribution in [-0.2, 0) is 7.05 Å². The Hall–Kier alpha value is -1.82. The lowest BCUT2D eigenvalue weighted by Gasteiger charge is -2.21. The van der Waals surface area contributed by atoms with Crippen LogP contribution in [0.3, 0.4) is 0 Å². The molecule has 0 aliphatic heterocycles. The zero-order chi connectivity index (χ0) is 13.0. The Morgan fingerprint density at radius 2 is 2.21 bits per heavy atom. The smallest absolute Gasteiger partial charge is 0.113 e. The summed E-state index contributed by atoms with van der Waals surface area (Å²) in [5.41, 5.74) is 2.84. The molecule has 96 valence electrons. The first-order valence-corrected chi connectivity index (χ1v) is 7.12. The molecule has 0 amide bonds. The Morgan fingerprint density at radius 3 is 2.89 bits per heavy atom. The normalized spacial score (nSPS) is 28.9. The van der Waals surface area contributed by atoms with Gasteiger partial charge >= 0.3 is 0 Å². The van der Waals surface area contributed by atoms with Gasteiger partial charge in [-0.05, 0) is 49.3 Å². The summed E-state index contributed by atoms with van der Waals surface area (Å²) in [6.07, 6.45) is 5.51. The molecule has 2 bridgehead atoms. The van der Waals surface area contributed by atoms with E-state index in [0.717, 1.165) is 28.4 Å². The third-order valence-electron chi connectivity index (χ3n) is 5.11. The minimum Gasteiger partial charge on any atom is -0.331 e. The molecule has 0 N–H and O–H groups in total. The monoisotopic (exact) mass is 251 g/mol. The topological polar surface area (TPSA) is 41.6 Å². The van der Waals surface area contributed by atoms with Crippen molar-refractivity contribution in [1.29, 1.82) is 5.26 Å². The molecule has 3 atom stereocenters. The molecule has 19 heavy (non-hydrogen) atoms. The van der Waals surface area contributed by atoms with Gasteiger partial charge in [0, 0.05) is 13.0 Å². The molecule has 3 heteroatoms. The third kappa shape index (κ3) is 1.53. The number of rotatable bonds is 1. The number of nitriles is 1. The van der Waals surface area contributed by atoms with Gasteiger partial charge in [0.15, 0.2) is 0 Å². The van der Waals surface area contributed by atoms with Gasteiger partial charge in [0.2, 0.25) is 0 Å². The first-order chi connectivity index (χ1) is 9.26. The number of hydrogen-bond donors (Lipinski definition) is 0. The lowest BCUT2D eigenvalue weighted by molar-refractivity contribution is 0.400. The summed E-state index contributed by atoms with van der Waals surface area (Å²) in [6, 6.07) is 8.01. The van der Waals surface area contributed by atoms with Crippen LogP contribution in [0.25, 0.3) is 11.0 Å². The fraction of sp³-hybridized carbons (Fsp3) is 0.500. The molecule has 2 aliphatic rings. The van der Waals surface area contributed by atoms with Crippen LogP contribution in [0.5, 0.6) is 0 Å². The molecule has 2 fully saturated rings. The third-order valence-corrected chi connectivity index (χ3v) is 5.11. The highest BCUT2D eigenvalue weighted by molar-refractivity contribution is 5.77. The Bertz CT molecular complexity index is 692. The standard InChI is InChI=1S/C16H17N3/c1-19-15-8-11(9-17)3-5-14(15)18-16(19)13-7-10-2-4-12(13)6-10/h3,5,8,10,12-13H,2,4,6-7H2,1H3. The summed E-state index contributed by atoms with van der Waals surface area (Å²) in [6.45, 7) is 0. The van der Waals surface area contributed by atoms with E-state index in [1.807, 2.05) is 18.2 Å². The van der Waals surface area contributed by atoms with Gasteiger partial charge in [0.05, 0.1) is 22.7 Å². The first kappa shape index (κ1) is 11.0. The Balaban J connectivity index is 1.83. The van der Waals surface area contributed by atoms with Gasteiger partial charge in [-0.25, -0.2) is 4.98 Å². The minimum atomic E-state index is 0.640. The van der Waals surface area contributed by atoms with E-state index in [1.54, 1.807) is 0 Å². The fourth-order valence-electron chi connectivity index (χ4n) is 4.17. The number of nitrogens with zero attached hydrogens (tertiary/aromatic N) is 3. The Labute approximate surface area is 112 Å². The van der Waals surface area contributed by atoms with Crippen molar-refractivity contribution in [3.8, 4) is 6.07 Å². The number of aryl methyl sites for hydroxylation is 1. The zero-order valence-electron chi connectivity index (χ0n) is 11.1. The van der Waals surface area contributed by atoms with Crippen molar-refractivity contribution in [2.45, 2.75) is 31.6 Å². The van der Waals surface area contributed by atoms with Crippen LogP contribution in [0, 0.1) is 23.2 Å². The van der Waals surface area contributed by atoms with Crippen molar-refractivity contribution in [2.24, 2.45) is 18.9 Å². The summed E-state index contributed by atoms with van der Waals surface area (Å²) >= 11 is 0. The zero-order valence-corrected chi connectivity index (χ0v) is 11.1. The molecule has 1 aromatic heterocycles. The van der Waals surface area contributed by atoms with E-state index in [0.29, 0.717) is 5.92 Å². The van der Waals surface area contributed by atoms with Crippen LogP contribution in [0.15, 0.2) is 18.2 Å². The highest BCUT2D eigenvalue weighted by atomic mass is 15.1. The maximum atomic E-state index is 9.01. The molecule has 0 radical (unpaired) electrons. The Kier molecular flexibility index (Phi) is 2.23. The number of aromatic nitrogens is 2. The molecule has 2 aromatic rings. The lowest BCUT2D eigenvalue weighted by atomic mass is 9.88. The summed E-state index contributed by atoms with van der Waals surface area (Å²) in [7, 11) is 2.10. The predicted octanol–water partition coefficient (Wildman–Crippen LogP) is 3.35. The number of benzene rings is 1. The molecule has 1 heterocycles. The molecule has 2 aliphatic carbocycles. The van der Waals surface area contributed by atoms with E-state index < -0.39 is 0 Å². The van der Waals surface area contributed by atoms with Gasteiger partial charge in [-0.1, -0.05) is 6.42 Å². The van der Waals surface area contributed by atoms with Gasteiger partial charge in [-0.2, -0.15) is 5.26 Å². The first-order valence-electron chi connectivity index (χ1n) is 7.12. The highest BCUT2D eigenvalue weighted by Gasteiger charge is 2.42. The summed E-state index contributed by atoms with van der Waals surface area (Å²) in [5, 5.41) is 9.01. The summed E-state index contributed by atoms with van der Waals surface area (Å²) in [5.74, 6) is 3.65. The molecule has 0 saturated heterocycles. The van der Waals surface area contributed by atoms with E-state index in [4.69, 9.17) is 10.2 Å². The Morgan fingerprint density at radius 1 is 1.32 bits per heavy atom. The maximum absolute atomic E-state index is 9.01. The number of hydrogen-bond acceptors (Lipinski definition) is 2. The highest BCUT2D eigenvalue weighted by Crippen LogP contribution is 2.52. The summed E-state index contributed by atoms with van der Waals surface area (Å²) in [4.78, 5) is 4.84. The van der Waals surface area contributed by atoms with E-state index in [9.17, 15) is 0 Å². The van der Waals surface area contributed by atoms with E-state index in [1.165, 1.54) is 31.5 Å². The van der Waals surface area contributed by atoms with Crippen LogP contribution < -0.4 is 0 Å². The van der Waals surface area contributed by atoms with Crippen LogP contribution >= 0.6 is 0 Å². The van der Waals surface area contributed by atoms with Crippen LogP contribution in [0.1, 0.15) is 43.0 Å². The minimum absolute atomic E-state index is 0.640. The maximum Gasteiger partial charge on any atom is 0.113 e. The molecule has 3 unspecified atom stereocenters. The average Bonchev–Trinajstić information content (AvgIpc) is 3.13. The number of imidazole rings is 1. The molecule has 0 spiro atoms. The van der Waals surface area contributed by atoms with Crippen molar-refractivity contribution >= 4 is 11.0 Å². The van der Waals surface area contributed by atoms with Crippen LogP contribution in [-0.4, -0.2) is 9.55 Å². The number of fused-ring (bicyclic) bond motifs is 3. The second-order valence-electron chi connectivity index (χ2n) is 6.13. The van der Waals surface area contributed by atoms with E-state index in [2.05, 4.69) is 17.7 Å². The van der Waals surface area contributed by atoms with Crippen LogP contribution in [0.2, 0.25) is 0 Å². The van der Waals surface area contributed by atoms with Crippen molar-refractivity contribution in [1.82, 2.24) is 9.55 Å². The fourth-order valence-corrected chi connectivity index (χ4v) is 4.17. The van der Waals surface area contributed by atoms with Crippen LogP contribution in [0.4, 0.5) is 0 Å². The van der Waals surface area contributed by atoms with Crippen molar-refractivity contribution in [3.63, 3.8) is 0 Å². The van der Waals surface area contributed by atoms with Gasteiger partial charge in [-0.3, -0.25) is 0 Å². The second kappa shape index (κ2) is 3.84. The molecule has 4 rings (SSSR count). The molecule has 2 saturated carbocycles. The quantitative estimate of drug-likeness (QED) is 0.780. The SMILES string of the molecule is Cn1c(C2CC3CCC2C3)nc2ccc(C#N)cc21. The van der Waals surface area contributed by atoms with Gasteiger partial charge < -0.3 is 4.57 Å². The van der Waals surface area contributed by atoms with Gasteiger partial charge in [0.25, 0.3) is 0 Å². The summed E-state index contributed by atoms with van der Waals surface area (Å²) < 4.78 is 2.21. The average molecular weight is 251 g/mol.